The number of nitrogens with two attached hydrogens (primary N) is 1. The predicted molar refractivity (Wildman–Crippen MR) is 58.4 cm³/mol. The van der Waals surface area contributed by atoms with Crippen molar-refractivity contribution in [3.05, 3.63) is 0 Å². The fraction of sp³-hybridized carbons (Fsp3) is 0.750. The van der Waals surface area contributed by atoms with Gasteiger partial charge in [-0.25, -0.2) is 5.53 Å². The lowest BCUT2D eigenvalue weighted by atomic mass is 9.86. The van der Waals surface area contributed by atoms with Crippen molar-refractivity contribution < 1.29 is 4.79 Å². The first-order chi connectivity index (χ1) is 6.38. The Hall–Kier alpha value is -0.590. The summed E-state index contributed by atoms with van der Waals surface area (Å²) in [6.07, 6.45) is 1.18. The van der Waals surface area contributed by atoms with E-state index in [1.807, 2.05) is 27.0 Å². The third-order valence-corrected chi connectivity index (χ3v) is 2.62. The van der Waals surface area contributed by atoms with E-state index in [1.165, 1.54) is 16.4 Å². The van der Waals surface area contributed by atoms with Crippen molar-refractivity contribution in [3.8, 4) is 0 Å². The van der Waals surface area contributed by atoms with Crippen LogP contribution < -0.4 is 11.3 Å². The molecule has 6 heteroatoms. The molecule has 0 spiro atoms. The number of carbonyl (C=O) groups is 1. The summed E-state index contributed by atoms with van der Waals surface area (Å²) in [5.41, 5.74) is 8.70. The van der Waals surface area contributed by atoms with Gasteiger partial charge in [0.25, 0.3) is 0 Å². The molecule has 5 nitrogen and oxygen atoms in total. The average molecular weight is 216 g/mol. The lowest BCUT2D eigenvalue weighted by Crippen LogP contribution is -2.57. The van der Waals surface area contributed by atoms with Gasteiger partial charge >= 0.3 is 0 Å². The van der Waals surface area contributed by atoms with Crippen molar-refractivity contribution >= 4 is 23.4 Å². The third-order valence-electron chi connectivity index (χ3n) is 1.92. The second-order valence-electron chi connectivity index (χ2n) is 4.13. The molecule has 14 heavy (non-hydrogen) atoms. The van der Waals surface area contributed by atoms with Crippen LogP contribution in [0.1, 0.15) is 20.8 Å². The lowest BCUT2D eigenvalue weighted by Gasteiger charge is -2.32. The SMILES string of the molecule is CSN1NN=C(C(C)(C)C)C(=O)C1N. The van der Waals surface area contributed by atoms with Gasteiger partial charge in [0.05, 0.1) is 0 Å². The molecule has 0 amide bonds. The minimum Gasteiger partial charge on any atom is -0.307 e. The molecule has 80 valence electrons. The van der Waals surface area contributed by atoms with E-state index >= 15 is 0 Å². The quantitative estimate of drug-likeness (QED) is 0.619. The van der Waals surface area contributed by atoms with Crippen LogP contribution in [-0.4, -0.2) is 28.3 Å². The van der Waals surface area contributed by atoms with E-state index in [4.69, 9.17) is 5.73 Å². The second kappa shape index (κ2) is 3.88. The van der Waals surface area contributed by atoms with Crippen molar-refractivity contribution in [2.24, 2.45) is 16.3 Å². The maximum absolute atomic E-state index is 11.8. The zero-order valence-corrected chi connectivity index (χ0v) is 9.68. The van der Waals surface area contributed by atoms with E-state index in [-0.39, 0.29) is 11.2 Å². The number of hydrogen-bond donors (Lipinski definition) is 2. The summed E-state index contributed by atoms with van der Waals surface area (Å²) >= 11 is 1.34. The van der Waals surface area contributed by atoms with Crippen molar-refractivity contribution in [1.29, 1.82) is 0 Å². The molecule has 1 rings (SSSR count). The molecule has 1 atom stereocenters. The summed E-state index contributed by atoms with van der Waals surface area (Å²) < 4.78 is 1.53. The Bertz CT molecular complexity index is 271. The Morgan fingerprint density at radius 3 is 2.57 bits per heavy atom. The van der Waals surface area contributed by atoms with Crippen LogP contribution in [0.25, 0.3) is 0 Å². The molecule has 1 heterocycles. The van der Waals surface area contributed by atoms with Crippen LogP contribution in [-0.2, 0) is 4.79 Å². The van der Waals surface area contributed by atoms with Gasteiger partial charge in [-0.2, -0.15) is 5.10 Å². The van der Waals surface area contributed by atoms with E-state index in [0.29, 0.717) is 5.71 Å². The van der Waals surface area contributed by atoms with E-state index in [2.05, 4.69) is 10.6 Å². The van der Waals surface area contributed by atoms with Crippen LogP contribution in [0, 0.1) is 5.41 Å². The summed E-state index contributed by atoms with van der Waals surface area (Å²) in [4.78, 5) is 11.8. The van der Waals surface area contributed by atoms with Gasteiger partial charge in [0.15, 0.2) is 6.17 Å². The van der Waals surface area contributed by atoms with Gasteiger partial charge in [-0.05, 0) is 6.26 Å². The normalized spacial score (nSPS) is 24.5. The molecule has 0 fully saturated rings. The molecule has 1 unspecified atom stereocenters. The fourth-order valence-corrected chi connectivity index (χ4v) is 1.60. The molecular weight excluding hydrogens is 200 g/mol. The van der Waals surface area contributed by atoms with Crippen molar-refractivity contribution in [1.82, 2.24) is 9.95 Å². The molecule has 0 aliphatic carbocycles. The predicted octanol–water partition coefficient (Wildman–Crippen LogP) is 0.341. The van der Waals surface area contributed by atoms with Crippen LogP contribution in [0.4, 0.5) is 0 Å². The number of rotatable bonds is 1. The van der Waals surface area contributed by atoms with Gasteiger partial charge in [-0.1, -0.05) is 32.7 Å². The number of hydrogen-bond acceptors (Lipinski definition) is 6. The van der Waals surface area contributed by atoms with Gasteiger partial charge < -0.3 is 5.73 Å². The maximum Gasteiger partial charge on any atom is 0.213 e. The van der Waals surface area contributed by atoms with Crippen LogP contribution in [0.5, 0.6) is 0 Å². The molecule has 0 saturated heterocycles. The first-order valence-corrected chi connectivity index (χ1v) is 5.53. The third kappa shape index (κ3) is 2.08. The molecule has 0 saturated carbocycles. The molecular formula is C8H16N4OS. The highest BCUT2D eigenvalue weighted by Crippen LogP contribution is 2.21. The van der Waals surface area contributed by atoms with E-state index in [0.717, 1.165) is 0 Å². The topological polar surface area (TPSA) is 70.7 Å². The van der Waals surface area contributed by atoms with Crippen LogP contribution in [0.3, 0.4) is 0 Å². The van der Waals surface area contributed by atoms with Crippen molar-refractivity contribution in [3.63, 3.8) is 0 Å². The van der Waals surface area contributed by atoms with Gasteiger partial charge in [-0.15, -0.1) is 4.41 Å². The van der Waals surface area contributed by atoms with E-state index in [9.17, 15) is 4.79 Å². The number of hydrazone groups is 1. The molecule has 0 bridgehead atoms. The number of hydrazine groups is 1. The number of carbonyl (C=O) groups excluding carboxylic acids is 1. The van der Waals surface area contributed by atoms with Crippen LogP contribution in [0.15, 0.2) is 5.10 Å². The van der Waals surface area contributed by atoms with Crippen LogP contribution >= 0.6 is 11.9 Å². The minimum atomic E-state index is -0.656. The first-order valence-electron chi connectivity index (χ1n) is 4.35. The summed E-state index contributed by atoms with van der Waals surface area (Å²) in [7, 11) is 0. The summed E-state index contributed by atoms with van der Waals surface area (Å²) in [6, 6.07) is 0. The zero-order valence-electron chi connectivity index (χ0n) is 8.87. The van der Waals surface area contributed by atoms with E-state index < -0.39 is 6.17 Å². The monoisotopic (exact) mass is 216 g/mol. The molecule has 3 N–H and O–H groups in total. The Balaban J connectivity index is 2.93. The summed E-state index contributed by atoms with van der Waals surface area (Å²) in [5, 5.41) is 4.03. The van der Waals surface area contributed by atoms with Gasteiger partial charge in [0.2, 0.25) is 5.78 Å². The second-order valence-corrected chi connectivity index (χ2v) is 4.89. The fourth-order valence-electron chi connectivity index (χ4n) is 1.15. The summed E-state index contributed by atoms with van der Waals surface area (Å²) in [6.45, 7) is 5.81. The van der Waals surface area contributed by atoms with Crippen molar-refractivity contribution in [2.45, 2.75) is 26.9 Å². The zero-order chi connectivity index (χ0) is 10.9. The first kappa shape index (κ1) is 11.5. The van der Waals surface area contributed by atoms with E-state index in [1.54, 1.807) is 0 Å². The number of nitrogens with one attached hydrogen (secondary N) is 1. The molecule has 0 aromatic heterocycles. The average Bonchev–Trinajstić information content (AvgIpc) is 2.07. The van der Waals surface area contributed by atoms with Gasteiger partial charge in [0.1, 0.15) is 5.71 Å². The lowest BCUT2D eigenvalue weighted by molar-refractivity contribution is -0.118. The molecule has 0 aromatic carbocycles. The molecule has 1 aliphatic rings. The minimum absolute atomic E-state index is 0.120. The number of ketones is 1. The Morgan fingerprint density at radius 1 is 1.57 bits per heavy atom. The Kier molecular flexibility index (Phi) is 3.18. The Labute approximate surface area is 88.2 Å². The highest BCUT2D eigenvalue weighted by Gasteiger charge is 2.36. The van der Waals surface area contributed by atoms with Crippen molar-refractivity contribution in [2.75, 3.05) is 6.26 Å². The molecule has 0 radical (unpaired) electrons. The Morgan fingerprint density at radius 2 is 2.14 bits per heavy atom. The highest BCUT2D eigenvalue weighted by molar-refractivity contribution is 7.96. The maximum atomic E-state index is 11.8. The smallest absolute Gasteiger partial charge is 0.213 e. The highest BCUT2D eigenvalue weighted by atomic mass is 32.2. The van der Waals surface area contributed by atoms with Gasteiger partial charge in [-0.3, -0.25) is 4.79 Å². The largest absolute Gasteiger partial charge is 0.307 e. The van der Waals surface area contributed by atoms with Crippen LogP contribution in [0.2, 0.25) is 0 Å². The molecule has 0 aromatic rings. The summed E-state index contributed by atoms with van der Waals surface area (Å²) in [5.74, 6) is -0.120. The molecule has 1 aliphatic heterocycles. The van der Waals surface area contributed by atoms with Gasteiger partial charge in [0, 0.05) is 5.41 Å². The number of Topliss-reactive ketones (excluding diaryl/α,β-unsaturated/α-hetero) is 1. The number of nitrogens with zero attached hydrogens (tertiary/aromatic N) is 2. The standard InChI is InChI=1S/C8H16N4OS/c1-8(2,3)6-5(13)7(9)12(14-4)11-10-6/h7,11H,9H2,1-4H3.